The zero-order valence-corrected chi connectivity index (χ0v) is 63.8. The predicted octanol–water partition coefficient (Wildman–Crippen LogP) is 19.3. The molecular formula is C92H93N13+4. The van der Waals surface area contributed by atoms with Crippen LogP contribution in [0.5, 0.6) is 0 Å². The van der Waals surface area contributed by atoms with Crippen LogP contribution in [0, 0.1) is 82.7 Å². The fourth-order valence-corrected chi connectivity index (χ4v) is 15.4. The normalized spacial score (nSPS) is 11.3. The SMILES string of the molecule is Cc1c(-c2c3ccccc3cn2C)cc(C(C)(C)C)cc1-[n+]1cccnc1C.Cc1cc(-c2c3ccccc3cn2C)c(C)c(-[n+]2cccnc2C)c1.Cc1cc(C)c(-[n+]2cccnc2C)c(C)c1-c1c2ccccc2cn1C.[C-]#[N+]c1cc(-c2c3ccccc3cn2C)c(C)c(-[n+]2cccnc2C)c1. The summed E-state index contributed by atoms with van der Waals surface area (Å²) in [4.78, 5) is 21.5. The molecule has 8 aromatic heterocycles. The van der Waals surface area contributed by atoms with Crippen LogP contribution < -0.4 is 18.3 Å². The summed E-state index contributed by atoms with van der Waals surface area (Å²) >= 11 is 0. The summed E-state index contributed by atoms with van der Waals surface area (Å²) in [7, 11) is 8.46. The van der Waals surface area contributed by atoms with Gasteiger partial charge in [0.05, 0.1) is 29.3 Å². The van der Waals surface area contributed by atoms with E-state index in [2.05, 4.69) is 339 Å². The first kappa shape index (κ1) is 71.1. The minimum absolute atomic E-state index is 0.0504. The Bertz CT molecular complexity index is 6060. The van der Waals surface area contributed by atoms with Gasteiger partial charge in [0.2, 0.25) is 0 Å². The van der Waals surface area contributed by atoms with E-state index in [1.807, 2.05) is 79.6 Å². The molecule has 0 bridgehead atoms. The molecule has 13 heteroatoms. The molecule has 0 saturated heterocycles. The molecule has 16 aromatic rings. The highest BCUT2D eigenvalue weighted by molar-refractivity contribution is 6.01. The maximum atomic E-state index is 7.56. The second-order valence-electron chi connectivity index (χ2n) is 28.8. The summed E-state index contributed by atoms with van der Waals surface area (Å²) < 4.78 is 17.5. The topological polar surface area (TPSA) is 91.2 Å². The molecule has 0 fully saturated rings. The largest absolute Gasteiger partial charge is 0.349 e. The van der Waals surface area contributed by atoms with Crippen LogP contribution in [0.2, 0.25) is 0 Å². The molecule has 105 heavy (non-hydrogen) atoms. The van der Waals surface area contributed by atoms with Crippen molar-refractivity contribution >= 4 is 48.8 Å². The van der Waals surface area contributed by atoms with Crippen LogP contribution in [0.1, 0.15) is 88.6 Å². The smallest absolute Gasteiger partial charge is 0.300 e. The molecule has 0 aliphatic rings. The minimum Gasteiger partial charge on any atom is -0.349 e. The van der Waals surface area contributed by atoms with E-state index in [1.165, 1.54) is 133 Å². The molecule has 8 heterocycles. The van der Waals surface area contributed by atoms with E-state index in [0.29, 0.717) is 5.69 Å². The Hall–Kier alpha value is -12.3. The monoisotopic (exact) mass is 1380 g/mol. The number of aryl methyl sites for hydroxylation is 11. The van der Waals surface area contributed by atoms with Gasteiger partial charge in [-0.05, 0) is 140 Å². The molecule has 0 N–H and O–H groups in total. The summed E-state index contributed by atoms with van der Waals surface area (Å²) in [6.45, 7) is 37.8. The second-order valence-corrected chi connectivity index (χ2v) is 28.8. The summed E-state index contributed by atoms with van der Waals surface area (Å²) in [5.41, 5.74) is 25.2. The van der Waals surface area contributed by atoms with Gasteiger partial charge in [-0.15, -0.1) is 0 Å². The highest BCUT2D eigenvalue weighted by Gasteiger charge is 2.27. The van der Waals surface area contributed by atoms with Crippen molar-refractivity contribution in [2.45, 2.75) is 102 Å². The number of hydrogen-bond acceptors (Lipinski definition) is 4. The molecule has 0 atom stereocenters. The number of fused-ring (bicyclic) bond motifs is 4. The fraction of sp³-hybridized carbons (Fsp3) is 0.207. The van der Waals surface area contributed by atoms with Crippen LogP contribution in [0.4, 0.5) is 5.69 Å². The molecule has 0 aliphatic heterocycles. The van der Waals surface area contributed by atoms with Gasteiger partial charge in [0, 0.05) is 165 Å². The van der Waals surface area contributed by atoms with Crippen LogP contribution in [0.15, 0.2) is 238 Å². The van der Waals surface area contributed by atoms with Crippen LogP contribution in [-0.2, 0) is 33.6 Å². The van der Waals surface area contributed by atoms with Gasteiger partial charge in [-0.25, -0.2) is 18.5 Å². The average Bonchev–Trinajstić information content (AvgIpc) is 1.74. The van der Waals surface area contributed by atoms with E-state index < -0.39 is 0 Å². The fourth-order valence-electron chi connectivity index (χ4n) is 15.4. The average molecular weight is 1380 g/mol. The van der Waals surface area contributed by atoms with Crippen LogP contribution in [0.25, 0.3) is 116 Å². The van der Waals surface area contributed by atoms with E-state index in [0.717, 1.165) is 45.8 Å². The van der Waals surface area contributed by atoms with Crippen molar-refractivity contribution in [1.29, 1.82) is 0 Å². The van der Waals surface area contributed by atoms with E-state index in [-0.39, 0.29) is 5.41 Å². The van der Waals surface area contributed by atoms with Crippen molar-refractivity contribution in [1.82, 2.24) is 38.2 Å². The Kier molecular flexibility index (Phi) is 19.8. The number of rotatable bonds is 8. The van der Waals surface area contributed by atoms with Crippen molar-refractivity contribution in [2.75, 3.05) is 0 Å². The minimum atomic E-state index is 0.0504. The number of aromatic nitrogens is 12. The maximum absolute atomic E-state index is 7.56. The zero-order valence-electron chi connectivity index (χ0n) is 63.8. The van der Waals surface area contributed by atoms with Gasteiger partial charge < -0.3 is 18.3 Å². The molecule has 13 nitrogen and oxygen atoms in total. The zero-order chi connectivity index (χ0) is 74.3. The molecule has 0 saturated carbocycles. The lowest BCUT2D eigenvalue weighted by atomic mass is 9.84. The molecule has 0 radical (unpaired) electrons. The van der Waals surface area contributed by atoms with Gasteiger partial charge >= 0.3 is 0 Å². The lowest BCUT2D eigenvalue weighted by Gasteiger charge is -2.23. The Balaban J connectivity index is 0.000000124. The third-order valence-electron chi connectivity index (χ3n) is 20.5. The highest BCUT2D eigenvalue weighted by atomic mass is 15.1. The van der Waals surface area contributed by atoms with Gasteiger partial charge in [-0.1, -0.05) is 144 Å². The Morgan fingerprint density at radius 3 is 1.09 bits per heavy atom. The van der Waals surface area contributed by atoms with Gasteiger partial charge in [-0.2, -0.15) is 4.57 Å². The standard InChI is InChI=1S/C25H28N3.C23H24N3.C22H19N4.C22H22N3/c1-17-22(24-21-11-8-7-10-19(21)16-27(24)6)14-20(25(3,4)5)15-23(17)28-13-9-12-26-18(28)2;1-15-13-16(2)22(26-12-8-11-24-18(26)4)17(3)21(15)23-20-10-7-6-9-19(20)14-25(23)5;1-15-20(22-19-9-6-5-8-17(19)14-25(22)4)12-18(23-3)13-21(15)26-11-7-10-24-16(26)2;1-15-12-20(22-19-9-6-5-8-18(19)14-24(22)4)16(2)21(13-15)25-11-7-10-23-17(25)3/h7-16H,1-6H3;6-14H,1-5H3;5-14H,1-2,4H3;5-14H,1-4H3/q4*+1. The van der Waals surface area contributed by atoms with Gasteiger partial charge in [0.25, 0.3) is 23.3 Å². The summed E-state index contributed by atoms with van der Waals surface area (Å²) in [5.74, 6) is 3.85. The Morgan fingerprint density at radius 1 is 0.352 bits per heavy atom. The van der Waals surface area contributed by atoms with E-state index in [9.17, 15) is 0 Å². The quantitative estimate of drug-likeness (QED) is 0.112. The van der Waals surface area contributed by atoms with Gasteiger partial charge in [0.15, 0.2) is 5.69 Å². The molecular weight excluding hydrogens is 1290 g/mol. The Labute approximate surface area is 617 Å². The number of nitrogens with zero attached hydrogens (tertiary/aromatic N) is 13. The van der Waals surface area contributed by atoms with E-state index in [4.69, 9.17) is 6.57 Å². The van der Waals surface area contributed by atoms with Crippen molar-refractivity contribution < 1.29 is 18.3 Å². The maximum Gasteiger partial charge on any atom is 0.300 e. The molecule has 8 aromatic carbocycles. The molecule has 0 amide bonds. The predicted molar refractivity (Wildman–Crippen MR) is 428 cm³/mol. The lowest BCUT2D eigenvalue weighted by molar-refractivity contribution is -0.607. The molecule has 0 unspecified atom stereocenters. The summed E-state index contributed by atoms with van der Waals surface area (Å²) in [6, 6.07) is 57.5. The third kappa shape index (κ3) is 13.8. The Morgan fingerprint density at radius 2 is 0.695 bits per heavy atom. The van der Waals surface area contributed by atoms with Crippen molar-refractivity contribution in [2.24, 2.45) is 28.2 Å². The van der Waals surface area contributed by atoms with Crippen molar-refractivity contribution in [3.05, 3.63) is 317 Å². The molecule has 522 valence electrons. The highest BCUT2D eigenvalue weighted by Crippen LogP contribution is 2.41. The number of benzene rings is 8. The van der Waals surface area contributed by atoms with Crippen LogP contribution in [-0.4, -0.2) is 38.2 Å². The van der Waals surface area contributed by atoms with Gasteiger partial charge in [-0.3, -0.25) is 0 Å². The third-order valence-corrected chi connectivity index (χ3v) is 20.5. The molecule has 16 rings (SSSR count). The first-order chi connectivity index (χ1) is 50.4. The summed E-state index contributed by atoms with van der Waals surface area (Å²) in [6.07, 6.45) is 24.4. The first-order valence-corrected chi connectivity index (χ1v) is 35.8. The second kappa shape index (κ2) is 29.2. The van der Waals surface area contributed by atoms with Gasteiger partial charge in [0.1, 0.15) is 72.3 Å². The van der Waals surface area contributed by atoms with Crippen LogP contribution >= 0.6 is 0 Å². The van der Waals surface area contributed by atoms with Crippen molar-refractivity contribution in [3.63, 3.8) is 0 Å². The van der Waals surface area contributed by atoms with Crippen LogP contribution in [0.3, 0.4) is 0 Å². The summed E-state index contributed by atoms with van der Waals surface area (Å²) in [5, 5.41) is 10.1. The molecule has 0 aliphatic carbocycles. The first-order valence-electron chi connectivity index (χ1n) is 35.8. The molecule has 0 spiro atoms. The van der Waals surface area contributed by atoms with E-state index >= 15 is 0 Å². The van der Waals surface area contributed by atoms with E-state index in [1.54, 1.807) is 6.20 Å². The lowest BCUT2D eigenvalue weighted by Crippen LogP contribution is -2.36. The van der Waals surface area contributed by atoms with Crippen molar-refractivity contribution in [3.8, 4) is 67.8 Å². The number of hydrogen-bond donors (Lipinski definition) is 0.